The lowest BCUT2D eigenvalue weighted by Crippen LogP contribution is -2.20. The fourth-order valence-corrected chi connectivity index (χ4v) is 3.32. The molecule has 3 N–H and O–H groups in total. The SMILES string of the molecule is CCCCCN(C)Cc1cc(C(=O)OCC)ccc1-c1cc(C(=O)OCC)c(N)[nH]1. The van der Waals surface area contributed by atoms with Crippen molar-refractivity contribution in [3.63, 3.8) is 0 Å². The lowest BCUT2D eigenvalue weighted by atomic mass is 10.0. The smallest absolute Gasteiger partial charge is 0.341 e. The summed E-state index contributed by atoms with van der Waals surface area (Å²) in [6, 6.07) is 7.15. The van der Waals surface area contributed by atoms with Crippen LogP contribution in [0, 0.1) is 0 Å². The lowest BCUT2D eigenvalue weighted by Gasteiger charge is -2.19. The zero-order valence-electron chi connectivity index (χ0n) is 18.4. The number of benzene rings is 1. The van der Waals surface area contributed by atoms with Gasteiger partial charge in [0.15, 0.2) is 0 Å². The minimum absolute atomic E-state index is 0.264. The van der Waals surface area contributed by atoms with E-state index in [9.17, 15) is 9.59 Å². The van der Waals surface area contributed by atoms with Crippen molar-refractivity contribution in [2.75, 3.05) is 32.5 Å². The molecule has 0 radical (unpaired) electrons. The third-order valence-corrected chi connectivity index (χ3v) is 4.83. The van der Waals surface area contributed by atoms with Crippen LogP contribution in [0.3, 0.4) is 0 Å². The number of ether oxygens (including phenoxy) is 2. The van der Waals surface area contributed by atoms with E-state index in [4.69, 9.17) is 15.2 Å². The third kappa shape index (κ3) is 6.10. The fourth-order valence-electron chi connectivity index (χ4n) is 3.32. The number of esters is 2. The maximum Gasteiger partial charge on any atom is 0.341 e. The number of nitrogens with zero attached hydrogens (tertiary/aromatic N) is 1. The van der Waals surface area contributed by atoms with Crippen molar-refractivity contribution >= 4 is 17.8 Å². The number of aromatic nitrogens is 1. The molecule has 1 aromatic heterocycles. The molecule has 2 rings (SSSR count). The van der Waals surface area contributed by atoms with Crippen molar-refractivity contribution in [1.29, 1.82) is 0 Å². The molecule has 0 saturated heterocycles. The quantitative estimate of drug-likeness (QED) is 0.421. The van der Waals surface area contributed by atoms with Crippen molar-refractivity contribution in [2.45, 2.75) is 46.6 Å². The molecule has 0 unspecified atom stereocenters. The van der Waals surface area contributed by atoms with Crippen LogP contribution >= 0.6 is 0 Å². The van der Waals surface area contributed by atoms with Gasteiger partial charge in [0.2, 0.25) is 0 Å². The summed E-state index contributed by atoms with van der Waals surface area (Å²) < 4.78 is 10.2. The van der Waals surface area contributed by atoms with Crippen LogP contribution in [0.1, 0.15) is 66.3 Å². The highest BCUT2D eigenvalue weighted by Crippen LogP contribution is 2.29. The first-order valence-electron chi connectivity index (χ1n) is 10.6. The zero-order chi connectivity index (χ0) is 22.1. The molecule has 0 bridgehead atoms. The molecular formula is C23H33N3O4. The van der Waals surface area contributed by atoms with E-state index in [1.54, 1.807) is 26.0 Å². The van der Waals surface area contributed by atoms with Gasteiger partial charge in [-0.2, -0.15) is 0 Å². The number of unbranched alkanes of at least 4 members (excludes halogenated alkanes) is 2. The molecule has 1 aromatic carbocycles. The normalized spacial score (nSPS) is 11.0. The Bertz CT molecular complexity index is 860. The highest BCUT2D eigenvalue weighted by molar-refractivity contribution is 5.96. The van der Waals surface area contributed by atoms with Crippen molar-refractivity contribution in [3.05, 3.63) is 41.0 Å². The first kappa shape index (κ1) is 23.5. The Labute approximate surface area is 178 Å². The summed E-state index contributed by atoms with van der Waals surface area (Å²) in [5, 5.41) is 0. The van der Waals surface area contributed by atoms with Crippen molar-refractivity contribution in [1.82, 2.24) is 9.88 Å². The summed E-state index contributed by atoms with van der Waals surface area (Å²) in [5.74, 6) is -0.545. The van der Waals surface area contributed by atoms with Gasteiger partial charge in [0.05, 0.1) is 18.8 Å². The number of carbonyl (C=O) groups excluding carboxylic acids is 2. The molecule has 30 heavy (non-hydrogen) atoms. The molecule has 164 valence electrons. The number of aromatic amines is 1. The van der Waals surface area contributed by atoms with Crippen LogP contribution in [0.15, 0.2) is 24.3 Å². The number of hydrogen-bond acceptors (Lipinski definition) is 6. The van der Waals surface area contributed by atoms with Crippen LogP contribution in [0.4, 0.5) is 5.82 Å². The van der Waals surface area contributed by atoms with Gasteiger partial charge in [-0.3, -0.25) is 0 Å². The number of nitrogens with two attached hydrogens (primary N) is 1. The minimum atomic E-state index is -0.459. The first-order chi connectivity index (χ1) is 14.4. The van der Waals surface area contributed by atoms with Gasteiger partial charge in [-0.05, 0) is 57.6 Å². The summed E-state index contributed by atoms with van der Waals surface area (Å²) in [6.07, 6.45) is 3.45. The molecular weight excluding hydrogens is 382 g/mol. The molecule has 0 saturated carbocycles. The maximum absolute atomic E-state index is 12.2. The predicted octanol–water partition coefficient (Wildman–Crippen LogP) is 4.24. The Morgan fingerprint density at radius 3 is 2.40 bits per heavy atom. The van der Waals surface area contributed by atoms with Gasteiger partial charge in [-0.1, -0.05) is 25.8 Å². The molecule has 7 heteroatoms. The number of carbonyl (C=O) groups is 2. The molecule has 0 amide bonds. The lowest BCUT2D eigenvalue weighted by molar-refractivity contribution is 0.0517. The fraction of sp³-hybridized carbons (Fsp3) is 0.478. The van der Waals surface area contributed by atoms with E-state index in [1.165, 1.54) is 6.42 Å². The van der Waals surface area contributed by atoms with E-state index in [0.717, 1.165) is 30.5 Å². The standard InChI is InChI=1S/C23H33N3O4/c1-5-8-9-12-26(4)15-17-13-16(22(27)29-6-2)10-11-18(17)20-14-19(21(24)25-20)23(28)30-7-3/h10-11,13-14,25H,5-9,12,15,24H2,1-4H3. The van der Waals surface area contributed by atoms with E-state index < -0.39 is 5.97 Å². The average molecular weight is 416 g/mol. The second-order valence-corrected chi connectivity index (χ2v) is 7.27. The Morgan fingerprint density at radius 2 is 1.73 bits per heavy atom. The van der Waals surface area contributed by atoms with Crippen LogP contribution in [0.25, 0.3) is 11.3 Å². The van der Waals surface area contributed by atoms with Crippen molar-refractivity contribution in [3.8, 4) is 11.3 Å². The minimum Gasteiger partial charge on any atom is -0.462 e. The number of nitrogens with one attached hydrogen (secondary N) is 1. The Kier molecular flexibility index (Phi) is 8.92. The van der Waals surface area contributed by atoms with Crippen molar-refractivity contribution < 1.29 is 19.1 Å². The molecule has 0 spiro atoms. The van der Waals surface area contributed by atoms with Crippen LogP contribution in [-0.2, 0) is 16.0 Å². The second-order valence-electron chi connectivity index (χ2n) is 7.27. The highest BCUT2D eigenvalue weighted by atomic mass is 16.5. The molecule has 0 atom stereocenters. The number of H-pyrrole nitrogens is 1. The summed E-state index contributed by atoms with van der Waals surface area (Å²) in [4.78, 5) is 29.7. The second kappa shape index (κ2) is 11.4. The van der Waals surface area contributed by atoms with E-state index in [-0.39, 0.29) is 18.4 Å². The van der Waals surface area contributed by atoms with Gasteiger partial charge in [0.1, 0.15) is 11.4 Å². The highest BCUT2D eigenvalue weighted by Gasteiger charge is 2.19. The van der Waals surface area contributed by atoms with Gasteiger partial charge in [-0.15, -0.1) is 0 Å². The van der Waals surface area contributed by atoms with Gasteiger partial charge in [-0.25, -0.2) is 9.59 Å². The summed E-state index contributed by atoms with van der Waals surface area (Å²) >= 11 is 0. The van der Waals surface area contributed by atoms with Gasteiger partial charge < -0.3 is 25.1 Å². The van der Waals surface area contributed by atoms with E-state index >= 15 is 0 Å². The van der Waals surface area contributed by atoms with Crippen LogP contribution < -0.4 is 5.73 Å². The summed E-state index contributed by atoms with van der Waals surface area (Å²) in [7, 11) is 2.06. The molecule has 0 fully saturated rings. The first-order valence-corrected chi connectivity index (χ1v) is 10.6. The maximum atomic E-state index is 12.2. The van der Waals surface area contributed by atoms with E-state index in [0.29, 0.717) is 30.0 Å². The molecule has 0 aliphatic heterocycles. The van der Waals surface area contributed by atoms with Crippen LogP contribution in [-0.4, -0.2) is 48.6 Å². The number of rotatable bonds is 11. The van der Waals surface area contributed by atoms with E-state index in [2.05, 4.69) is 23.9 Å². The van der Waals surface area contributed by atoms with Gasteiger partial charge >= 0.3 is 11.9 Å². The molecule has 1 heterocycles. The predicted molar refractivity (Wildman–Crippen MR) is 118 cm³/mol. The van der Waals surface area contributed by atoms with Gasteiger partial charge in [0, 0.05) is 17.8 Å². The number of nitrogen functional groups attached to an aromatic ring is 1. The molecule has 7 nitrogen and oxygen atoms in total. The van der Waals surface area contributed by atoms with Crippen molar-refractivity contribution in [2.24, 2.45) is 0 Å². The monoisotopic (exact) mass is 415 g/mol. The van der Waals surface area contributed by atoms with Crippen LogP contribution in [0.5, 0.6) is 0 Å². The topological polar surface area (TPSA) is 97.7 Å². The zero-order valence-corrected chi connectivity index (χ0v) is 18.4. The number of hydrogen-bond donors (Lipinski definition) is 2. The molecule has 0 aliphatic carbocycles. The largest absolute Gasteiger partial charge is 0.462 e. The average Bonchev–Trinajstić information content (AvgIpc) is 3.10. The third-order valence-electron chi connectivity index (χ3n) is 4.83. The molecule has 0 aliphatic rings. The van der Waals surface area contributed by atoms with Gasteiger partial charge in [0.25, 0.3) is 0 Å². The summed E-state index contributed by atoms with van der Waals surface area (Å²) in [6.45, 7) is 7.93. The Hall–Kier alpha value is -2.80. The molecule has 2 aromatic rings. The number of anilines is 1. The Balaban J connectivity index is 2.39. The Morgan fingerprint density at radius 1 is 1.03 bits per heavy atom. The van der Waals surface area contributed by atoms with E-state index in [1.807, 2.05) is 12.1 Å². The van der Waals surface area contributed by atoms with Crippen LogP contribution in [0.2, 0.25) is 0 Å². The summed E-state index contributed by atoms with van der Waals surface area (Å²) in [5.41, 5.74) is 9.38.